The molecule has 2 N–H and O–H groups in total. The van der Waals surface area contributed by atoms with E-state index in [-0.39, 0.29) is 16.2 Å². The average Bonchev–Trinajstić information content (AvgIpc) is 3.04. The third-order valence-electron chi connectivity index (χ3n) is 5.91. The van der Waals surface area contributed by atoms with Gasteiger partial charge in [0.05, 0.1) is 11.3 Å². The summed E-state index contributed by atoms with van der Waals surface area (Å²) in [5.74, 6) is -2.07. The third-order valence-corrected chi connectivity index (χ3v) is 6.19. The van der Waals surface area contributed by atoms with Crippen molar-refractivity contribution in [1.29, 1.82) is 0 Å². The molecule has 1 aliphatic rings. The van der Waals surface area contributed by atoms with Gasteiger partial charge in [0.1, 0.15) is 5.57 Å². The third kappa shape index (κ3) is 3.92. The summed E-state index contributed by atoms with van der Waals surface area (Å²) in [6.45, 7) is 7.42. The number of carboxylic acid groups (broad SMARTS) is 1. The molecular formula is C26H23N3O4S. The molecule has 4 rings (SSSR count). The summed E-state index contributed by atoms with van der Waals surface area (Å²) in [5, 5.41) is 12.1. The van der Waals surface area contributed by atoms with E-state index in [0.717, 1.165) is 22.6 Å². The fourth-order valence-corrected chi connectivity index (χ4v) is 4.50. The van der Waals surface area contributed by atoms with Crippen LogP contribution in [0.5, 0.6) is 0 Å². The highest BCUT2D eigenvalue weighted by Crippen LogP contribution is 2.28. The first-order valence-electron chi connectivity index (χ1n) is 10.6. The Balaban J connectivity index is 1.80. The van der Waals surface area contributed by atoms with E-state index in [9.17, 15) is 19.5 Å². The van der Waals surface area contributed by atoms with E-state index in [1.54, 1.807) is 31.2 Å². The van der Waals surface area contributed by atoms with Crippen molar-refractivity contribution in [2.45, 2.75) is 27.7 Å². The number of amides is 2. The molecule has 0 spiro atoms. The summed E-state index contributed by atoms with van der Waals surface area (Å²) in [6.07, 6.45) is 1.55. The summed E-state index contributed by atoms with van der Waals surface area (Å²) < 4.78 is 1.92. The van der Waals surface area contributed by atoms with Gasteiger partial charge in [-0.25, -0.2) is 4.79 Å². The van der Waals surface area contributed by atoms with Gasteiger partial charge in [-0.1, -0.05) is 18.2 Å². The van der Waals surface area contributed by atoms with E-state index in [4.69, 9.17) is 12.2 Å². The van der Waals surface area contributed by atoms with Crippen LogP contribution in [0.1, 0.15) is 38.4 Å². The molecule has 0 unspecified atom stereocenters. The number of hydrogen-bond acceptors (Lipinski definition) is 4. The Hall–Kier alpha value is -4.04. The molecule has 1 aliphatic heterocycles. The van der Waals surface area contributed by atoms with Gasteiger partial charge in [0, 0.05) is 17.1 Å². The van der Waals surface area contributed by atoms with Crippen molar-refractivity contribution in [2.24, 2.45) is 0 Å². The number of carboxylic acids is 1. The number of aryl methyl sites for hydroxylation is 2. The number of aromatic carboxylic acids is 1. The molecule has 3 aromatic rings. The second-order valence-corrected chi connectivity index (χ2v) is 8.60. The van der Waals surface area contributed by atoms with Crippen LogP contribution in [-0.4, -0.2) is 32.6 Å². The number of aromatic nitrogens is 1. The molecule has 0 bridgehead atoms. The molecule has 1 saturated heterocycles. The first-order valence-corrected chi connectivity index (χ1v) is 11.0. The van der Waals surface area contributed by atoms with E-state index in [1.165, 1.54) is 4.90 Å². The highest BCUT2D eigenvalue weighted by molar-refractivity contribution is 7.80. The maximum Gasteiger partial charge on any atom is 0.336 e. The topological polar surface area (TPSA) is 91.6 Å². The lowest BCUT2D eigenvalue weighted by Gasteiger charge is -2.29. The number of hydrogen-bond donors (Lipinski definition) is 2. The molecule has 8 heteroatoms. The van der Waals surface area contributed by atoms with E-state index in [2.05, 4.69) is 5.32 Å². The zero-order valence-corrected chi connectivity index (χ0v) is 20.0. The van der Waals surface area contributed by atoms with Gasteiger partial charge in [0.2, 0.25) is 0 Å². The first-order chi connectivity index (χ1) is 16.1. The van der Waals surface area contributed by atoms with Crippen molar-refractivity contribution in [2.75, 3.05) is 4.90 Å². The van der Waals surface area contributed by atoms with Gasteiger partial charge in [-0.2, -0.15) is 0 Å². The SMILES string of the molecule is Cc1cccc(N2C(=O)/C(=C/c3cc(C)n(-c4cccc(C(=O)O)c4C)c3C)C(=O)NC2=S)c1. The van der Waals surface area contributed by atoms with Gasteiger partial charge in [0.25, 0.3) is 11.8 Å². The van der Waals surface area contributed by atoms with Crippen LogP contribution in [0.3, 0.4) is 0 Å². The maximum absolute atomic E-state index is 13.3. The lowest BCUT2D eigenvalue weighted by Crippen LogP contribution is -2.54. The molecule has 7 nitrogen and oxygen atoms in total. The minimum Gasteiger partial charge on any atom is -0.478 e. The van der Waals surface area contributed by atoms with Crippen molar-refractivity contribution in [3.8, 4) is 5.69 Å². The molecule has 0 saturated carbocycles. The normalized spacial score (nSPS) is 15.1. The van der Waals surface area contributed by atoms with Gasteiger partial charge in [-0.15, -0.1) is 0 Å². The van der Waals surface area contributed by atoms with Crippen LogP contribution in [-0.2, 0) is 9.59 Å². The first kappa shape index (κ1) is 23.1. The van der Waals surface area contributed by atoms with Crippen LogP contribution >= 0.6 is 12.2 Å². The van der Waals surface area contributed by atoms with Crippen LogP contribution < -0.4 is 10.2 Å². The smallest absolute Gasteiger partial charge is 0.336 e. The Morgan fingerprint density at radius 2 is 1.74 bits per heavy atom. The van der Waals surface area contributed by atoms with Crippen molar-refractivity contribution < 1.29 is 19.5 Å². The number of carbonyl (C=O) groups is 3. The molecular weight excluding hydrogens is 450 g/mol. The Kier molecular flexibility index (Phi) is 5.93. The second kappa shape index (κ2) is 8.72. The molecule has 0 atom stereocenters. The molecule has 34 heavy (non-hydrogen) atoms. The van der Waals surface area contributed by atoms with Crippen molar-refractivity contribution in [3.63, 3.8) is 0 Å². The number of nitrogens with zero attached hydrogens (tertiary/aromatic N) is 2. The van der Waals surface area contributed by atoms with Crippen LogP contribution in [0.4, 0.5) is 5.69 Å². The van der Waals surface area contributed by atoms with Crippen LogP contribution in [0.25, 0.3) is 11.8 Å². The quantitative estimate of drug-likeness (QED) is 0.336. The zero-order valence-electron chi connectivity index (χ0n) is 19.2. The Bertz CT molecular complexity index is 1420. The fourth-order valence-electron chi connectivity index (χ4n) is 4.22. The maximum atomic E-state index is 13.3. The zero-order chi connectivity index (χ0) is 24.7. The van der Waals surface area contributed by atoms with Crippen LogP contribution in [0, 0.1) is 27.7 Å². The van der Waals surface area contributed by atoms with Gasteiger partial charge in [-0.3, -0.25) is 19.8 Å². The molecule has 172 valence electrons. The standard InChI is InChI=1S/C26H23N3O4S/c1-14-7-5-8-19(11-14)29-24(31)21(23(30)27-26(29)34)13-18-12-15(2)28(17(18)4)22-10-6-9-20(16(22)3)25(32)33/h5-13H,1-4H3,(H,32,33)(H,27,30,34)/b21-13+. The van der Waals surface area contributed by atoms with E-state index >= 15 is 0 Å². The van der Waals surface area contributed by atoms with Crippen LogP contribution in [0.2, 0.25) is 0 Å². The Morgan fingerprint density at radius 1 is 1.03 bits per heavy atom. The Morgan fingerprint density at radius 3 is 2.41 bits per heavy atom. The predicted octanol–water partition coefficient (Wildman–Crippen LogP) is 4.24. The van der Waals surface area contributed by atoms with Gasteiger partial charge < -0.3 is 9.67 Å². The minimum absolute atomic E-state index is 0.0318. The number of rotatable bonds is 4. The molecule has 1 aromatic heterocycles. The molecule has 1 fully saturated rings. The molecule has 2 aromatic carbocycles. The van der Waals surface area contributed by atoms with E-state index in [0.29, 0.717) is 16.8 Å². The molecule has 0 radical (unpaired) electrons. The summed E-state index contributed by atoms with van der Waals surface area (Å²) in [4.78, 5) is 39.0. The summed E-state index contributed by atoms with van der Waals surface area (Å²) in [7, 11) is 0. The lowest BCUT2D eigenvalue weighted by atomic mass is 10.1. The van der Waals surface area contributed by atoms with Crippen molar-refractivity contribution in [3.05, 3.63) is 87.7 Å². The Labute approximate surface area is 202 Å². The van der Waals surface area contributed by atoms with E-state index < -0.39 is 17.8 Å². The largest absolute Gasteiger partial charge is 0.478 e. The highest BCUT2D eigenvalue weighted by atomic mass is 32.1. The summed E-state index contributed by atoms with van der Waals surface area (Å²) >= 11 is 5.28. The van der Waals surface area contributed by atoms with Crippen molar-refractivity contribution >= 4 is 46.9 Å². The molecule has 2 heterocycles. The minimum atomic E-state index is -0.999. The fraction of sp³-hybridized carbons (Fsp3) is 0.154. The second-order valence-electron chi connectivity index (χ2n) is 8.21. The van der Waals surface area contributed by atoms with Crippen LogP contribution in [0.15, 0.2) is 54.1 Å². The molecule has 2 amide bonds. The monoisotopic (exact) mass is 473 g/mol. The average molecular weight is 474 g/mol. The summed E-state index contributed by atoms with van der Waals surface area (Å²) in [5.41, 5.74) is 5.34. The lowest BCUT2D eigenvalue weighted by molar-refractivity contribution is -0.122. The van der Waals surface area contributed by atoms with Gasteiger partial charge >= 0.3 is 5.97 Å². The van der Waals surface area contributed by atoms with Crippen molar-refractivity contribution in [1.82, 2.24) is 9.88 Å². The number of thiocarbonyl (C=S) groups is 1. The van der Waals surface area contributed by atoms with E-state index in [1.807, 2.05) is 55.7 Å². The molecule has 0 aliphatic carbocycles. The van der Waals surface area contributed by atoms with Gasteiger partial charge in [0.15, 0.2) is 5.11 Å². The number of carbonyl (C=O) groups excluding carboxylic acids is 2. The highest BCUT2D eigenvalue weighted by Gasteiger charge is 2.34. The number of benzene rings is 2. The summed E-state index contributed by atoms with van der Waals surface area (Å²) in [6, 6.07) is 14.3. The number of anilines is 1. The predicted molar refractivity (Wildman–Crippen MR) is 134 cm³/mol. The number of nitrogens with one attached hydrogen (secondary N) is 1. The van der Waals surface area contributed by atoms with Gasteiger partial charge in [-0.05, 0) is 93.0 Å².